The number of nitrogens with one attached hydrogen (secondary N) is 1. The molecular weight excluding hydrogens is 652 g/mol. The van der Waals surface area contributed by atoms with Crippen molar-refractivity contribution in [2.75, 3.05) is 38.6 Å². The van der Waals surface area contributed by atoms with Gasteiger partial charge in [-0.25, -0.2) is 0 Å². The highest BCUT2D eigenvalue weighted by molar-refractivity contribution is 9.10. The maximum absolute atomic E-state index is 13.4. The largest absolute Gasteiger partial charge is 0.573 e. The predicted molar refractivity (Wildman–Crippen MR) is 145 cm³/mol. The lowest BCUT2D eigenvalue weighted by Gasteiger charge is -2.24. The fraction of sp³-hybridized carbons (Fsp3) is 0.250. The molecule has 0 radical (unpaired) electrons. The highest BCUT2D eigenvalue weighted by atomic mass is 79.9. The van der Waals surface area contributed by atoms with Gasteiger partial charge >= 0.3 is 12.5 Å². The number of hydrogen-bond acceptors (Lipinski definition) is 5. The maximum Gasteiger partial charge on any atom is 0.573 e. The molecule has 0 atom stereocenters. The second-order valence-corrected chi connectivity index (χ2v) is 10.2. The molecule has 8 nitrogen and oxygen atoms in total. The number of nitrogens with zero attached hydrogens (tertiary/aromatic N) is 2. The van der Waals surface area contributed by atoms with Gasteiger partial charge in [-0.15, -0.1) is 13.2 Å². The summed E-state index contributed by atoms with van der Waals surface area (Å²) in [7, 11) is 1.43. The summed E-state index contributed by atoms with van der Waals surface area (Å²) in [5.41, 5.74) is -0.0168. The number of ether oxygens (including phenoxy) is 2. The molecule has 0 bridgehead atoms. The Balaban J connectivity index is 1.41. The van der Waals surface area contributed by atoms with Crippen molar-refractivity contribution in [1.29, 1.82) is 0 Å². The van der Waals surface area contributed by atoms with E-state index in [2.05, 4.69) is 26.0 Å². The van der Waals surface area contributed by atoms with Crippen molar-refractivity contribution in [3.8, 4) is 22.6 Å². The zero-order chi connectivity index (χ0) is 31.5. The first-order chi connectivity index (χ1) is 20.1. The van der Waals surface area contributed by atoms with Crippen LogP contribution in [-0.2, 0) is 15.8 Å². The van der Waals surface area contributed by atoms with E-state index in [1.54, 1.807) is 0 Å². The molecule has 0 aromatic heterocycles. The van der Waals surface area contributed by atoms with E-state index >= 15 is 0 Å². The van der Waals surface area contributed by atoms with Crippen LogP contribution in [0.15, 0.2) is 65.1 Å². The molecule has 15 heteroatoms. The maximum atomic E-state index is 13.4. The van der Waals surface area contributed by atoms with Crippen molar-refractivity contribution < 1.29 is 50.2 Å². The van der Waals surface area contributed by atoms with E-state index < -0.39 is 48.2 Å². The summed E-state index contributed by atoms with van der Waals surface area (Å²) in [6, 6.07) is 12.2. The van der Waals surface area contributed by atoms with Crippen LogP contribution in [0, 0.1) is 0 Å². The highest BCUT2D eigenvalue weighted by Crippen LogP contribution is 2.34. The summed E-state index contributed by atoms with van der Waals surface area (Å²) in [6.45, 7) is -0.880. The molecule has 0 spiro atoms. The van der Waals surface area contributed by atoms with Crippen LogP contribution in [0.4, 0.5) is 32.0 Å². The minimum Gasteiger partial charge on any atom is -0.483 e. The van der Waals surface area contributed by atoms with Gasteiger partial charge in [-0.05, 0) is 69.5 Å². The summed E-state index contributed by atoms with van der Waals surface area (Å²) in [5.74, 6) is -1.99. The standard InChI is InChI=1S/C28H22BrF6N3O5/c1-37(25(40)15-42-23-8-6-19(13-21(23)29)43-28(33,34)35)9-10-38-14-24(39)36-22-7-5-17(12-20(22)26(38)41)16-3-2-4-18(11-16)27(30,31)32/h2-8,11-13H,9-10,14-15H2,1H3,(H,36,39). The molecule has 4 rings (SSSR count). The van der Waals surface area contributed by atoms with Gasteiger partial charge in [0.15, 0.2) is 6.61 Å². The molecule has 0 fully saturated rings. The van der Waals surface area contributed by atoms with Crippen molar-refractivity contribution in [1.82, 2.24) is 9.80 Å². The lowest BCUT2D eigenvalue weighted by atomic mass is 9.99. The smallest absolute Gasteiger partial charge is 0.483 e. The molecule has 0 saturated carbocycles. The van der Waals surface area contributed by atoms with Crippen LogP contribution in [0.1, 0.15) is 15.9 Å². The summed E-state index contributed by atoms with van der Waals surface area (Å²) < 4.78 is 86.2. The van der Waals surface area contributed by atoms with E-state index in [1.165, 1.54) is 53.2 Å². The van der Waals surface area contributed by atoms with Gasteiger partial charge < -0.3 is 24.6 Å². The van der Waals surface area contributed by atoms with Gasteiger partial charge in [-0.3, -0.25) is 14.4 Å². The third-order valence-electron chi connectivity index (χ3n) is 6.29. The van der Waals surface area contributed by atoms with Crippen molar-refractivity contribution >= 4 is 39.3 Å². The normalized spacial score (nSPS) is 13.6. The summed E-state index contributed by atoms with van der Waals surface area (Å²) >= 11 is 3.06. The van der Waals surface area contributed by atoms with Crippen molar-refractivity contribution in [2.45, 2.75) is 12.5 Å². The Bertz CT molecular complexity index is 1550. The van der Waals surface area contributed by atoms with Crippen molar-refractivity contribution in [2.24, 2.45) is 0 Å². The molecule has 43 heavy (non-hydrogen) atoms. The third-order valence-corrected chi connectivity index (χ3v) is 6.91. The molecule has 1 N–H and O–H groups in total. The second kappa shape index (κ2) is 12.5. The van der Waals surface area contributed by atoms with Gasteiger partial charge in [0.05, 0.1) is 21.3 Å². The molecule has 0 unspecified atom stereocenters. The molecule has 3 aromatic rings. The van der Waals surface area contributed by atoms with Crippen molar-refractivity contribution in [3.63, 3.8) is 0 Å². The number of anilines is 1. The fourth-order valence-electron chi connectivity index (χ4n) is 4.11. The minimum absolute atomic E-state index is 0.0105. The first-order valence-electron chi connectivity index (χ1n) is 12.4. The Kier molecular flexibility index (Phi) is 9.23. The number of amides is 3. The molecule has 1 aliphatic rings. The number of carbonyl (C=O) groups excluding carboxylic acids is 3. The number of rotatable bonds is 8. The monoisotopic (exact) mass is 673 g/mol. The highest BCUT2D eigenvalue weighted by Gasteiger charge is 2.32. The lowest BCUT2D eigenvalue weighted by Crippen LogP contribution is -2.42. The Hall–Kier alpha value is -4.27. The topological polar surface area (TPSA) is 88.2 Å². The summed E-state index contributed by atoms with van der Waals surface area (Å²) in [6.07, 6.45) is -9.42. The first-order valence-corrected chi connectivity index (χ1v) is 13.2. The van der Waals surface area contributed by atoms with Crippen LogP contribution >= 0.6 is 15.9 Å². The molecule has 0 aliphatic carbocycles. The van der Waals surface area contributed by atoms with Crippen molar-refractivity contribution in [3.05, 3.63) is 76.3 Å². The molecule has 0 saturated heterocycles. The third kappa shape index (κ3) is 8.18. The molecule has 1 aliphatic heterocycles. The quantitative estimate of drug-likeness (QED) is 0.298. The number of likely N-dealkylation sites (N-methyl/N-ethyl adjacent to an activating group) is 1. The Morgan fingerprint density at radius 2 is 1.72 bits per heavy atom. The number of benzene rings is 3. The molecule has 3 amide bonds. The zero-order valence-electron chi connectivity index (χ0n) is 22.2. The molecule has 228 valence electrons. The van der Waals surface area contributed by atoms with Crippen LogP contribution < -0.4 is 14.8 Å². The number of halogens is 7. The zero-order valence-corrected chi connectivity index (χ0v) is 23.8. The van der Waals surface area contributed by atoms with Gasteiger partial charge in [0.1, 0.15) is 18.0 Å². The van der Waals surface area contributed by atoms with Gasteiger partial charge in [-0.2, -0.15) is 13.2 Å². The average Bonchev–Trinajstić information content (AvgIpc) is 3.04. The minimum atomic E-state index is -4.87. The summed E-state index contributed by atoms with van der Waals surface area (Å²) in [5, 5.41) is 2.61. The van der Waals surface area contributed by atoms with E-state index in [9.17, 15) is 40.7 Å². The van der Waals surface area contributed by atoms with Crippen LogP contribution in [0.3, 0.4) is 0 Å². The van der Waals surface area contributed by atoms with Gasteiger partial charge in [0, 0.05) is 20.1 Å². The molecule has 3 aromatic carbocycles. The number of carbonyl (C=O) groups is 3. The van der Waals surface area contributed by atoms with Gasteiger partial charge in [0.25, 0.3) is 11.8 Å². The van der Waals surface area contributed by atoms with Crippen LogP contribution in [0.5, 0.6) is 11.5 Å². The second-order valence-electron chi connectivity index (χ2n) is 9.36. The number of fused-ring (bicyclic) bond motifs is 1. The predicted octanol–water partition coefficient (Wildman–Crippen LogP) is 5.97. The SMILES string of the molecule is CN(CCN1CC(=O)Nc2ccc(-c3cccc(C(F)(F)F)c3)cc2C1=O)C(=O)COc1ccc(OC(F)(F)F)cc1Br. The first kappa shape index (κ1) is 31.7. The van der Waals surface area contributed by atoms with E-state index in [1.807, 2.05) is 0 Å². The average molecular weight is 674 g/mol. The fourth-order valence-corrected chi connectivity index (χ4v) is 4.58. The molecular formula is C28H22BrF6N3O5. The van der Waals surface area contributed by atoms with Gasteiger partial charge in [-0.1, -0.05) is 18.2 Å². The Morgan fingerprint density at radius 1 is 1.00 bits per heavy atom. The van der Waals surface area contributed by atoms with E-state index in [-0.39, 0.29) is 46.7 Å². The van der Waals surface area contributed by atoms with E-state index in [4.69, 9.17) is 4.74 Å². The van der Waals surface area contributed by atoms with Gasteiger partial charge in [0.2, 0.25) is 5.91 Å². The Labute approximate surface area is 249 Å². The molecule has 1 heterocycles. The lowest BCUT2D eigenvalue weighted by molar-refractivity contribution is -0.274. The van der Waals surface area contributed by atoms with E-state index in [0.29, 0.717) is 5.56 Å². The van der Waals surface area contributed by atoms with Crippen LogP contribution in [-0.4, -0.2) is 67.2 Å². The number of alkyl halides is 6. The van der Waals surface area contributed by atoms with E-state index in [0.717, 1.165) is 24.3 Å². The van der Waals surface area contributed by atoms with Crippen LogP contribution in [0.2, 0.25) is 0 Å². The Morgan fingerprint density at radius 3 is 2.40 bits per heavy atom. The number of hydrogen-bond donors (Lipinski definition) is 1. The van der Waals surface area contributed by atoms with Crippen LogP contribution in [0.25, 0.3) is 11.1 Å². The summed E-state index contributed by atoms with van der Waals surface area (Å²) in [4.78, 5) is 40.9.